The van der Waals surface area contributed by atoms with Gasteiger partial charge < -0.3 is 5.32 Å². The van der Waals surface area contributed by atoms with Gasteiger partial charge in [0.25, 0.3) is 10.0 Å². The van der Waals surface area contributed by atoms with E-state index >= 15 is 0 Å². The number of piperidine rings is 1. The molecule has 0 saturated carbocycles. The Balaban J connectivity index is 2.01. The van der Waals surface area contributed by atoms with Crippen molar-refractivity contribution in [2.45, 2.75) is 36.4 Å². The summed E-state index contributed by atoms with van der Waals surface area (Å²) in [5.74, 6) is 0.0403. The van der Waals surface area contributed by atoms with Gasteiger partial charge in [-0.05, 0) is 45.4 Å². The third-order valence-corrected chi connectivity index (χ3v) is 8.98. The molecule has 1 fully saturated rings. The van der Waals surface area contributed by atoms with Gasteiger partial charge in [0.05, 0.1) is 5.75 Å². The Labute approximate surface area is 148 Å². The largest absolute Gasteiger partial charge is 0.316 e. The van der Waals surface area contributed by atoms with E-state index in [1.165, 1.54) is 15.6 Å². The summed E-state index contributed by atoms with van der Waals surface area (Å²) < 4.78 is 52.6. The first-order chi connectivity index (χ1) is 11.3. The van der Waals surface area contributed by atoms with Gasteiger partial charge in [-0.25, -0.2) is 21.6 Å². The van der Waals surface area contributed by atoms with Crippen LogP contribution in [0.15, 0.2) is 16.3 Å². The van der Waals surface area contributed by atoms with Gasteiger partial charge in [0.2, 0.25) is 10.0 Å². The van der Waals surface area contributed by atoms with Gasteiger partial charge in [-0.15, -0.1) is 11.3 Å². The van der Waals surface area contributed by atoms with E-state index in [2.05, 4.69) is 10.0 Å². The zero-order chi connectivity index (χ0) is 17.8. The molecule has 1 aliphatic heterocycles. The first kappa shape index (κ1) is 19.8. The molecule has 10 heteroatoms. The molecule has 0 radical (unpaired) electrons. The van der Waals surface area contributed by atoms with Crippen molar-refractivity contribution in [1.82, 2.24) is 14.3 Å². The third kappa shape index (κ3) is 4.99. The molecule has 2 rings (SSSR count). The van der Waals surface area contributed by atoms with E-state index in [1.54, 1.807) is 19.1 Å². The third-order valence-electron chi connectivity index (χ3n) is 4.10. The van der Waals surface area contributed by atoms with Crippen molar-refractivity contribution in [3.63, 3.8) is 0 Å². The van der Waals surface area contributed by atoms with E-state index in [1.807, 2.05) is 7.05 Å². The molecule has 1 saturated heterocycles. The Bertz CT molecular complexity index is 743. The quantitative estimate of drug-likeness (QED) is 0.672. The van der Waals surface area contributed by atoms with Crippen LogP contribution in [0.25, 0.3) is 0 Å². The van der Waals surface area contributed by atoms with Crippen molar-refractivity contribution < 1.29 is 16.8 Å². The molecule has 1 atom stereocenters. The number of nitrogens with zero attached hydrogens (tertiary/aromatic N) is 1. The predicted molar refractivity (Wildman–Crippen MR) is 96.3 cm³/mol. The average molecular weight is 396 g/mol. The zero-order valence-corrected chi connectivity index (χ0v) is 16.4. The van der Waals surface area contributed by atoms with Crippen molar-refractivity contribution in [1.29, 1.82) is 0 Å². The topological polar surface area (TPSA) is 95.6 Å². The molecular formula is C14H25N3O4S3. The Morgan fingerprint density at radius 1 is 1.29 bits per heavy atom. The Morgan fingerprint density at radius 3 is 2.71 bits per heavy atom. The van der Waals surface area contributed by atoms with Crippen LogP contribution in [0.5, 0.6) is 0 Å². The zero-order valence-electron chi connectivity index (χ0n) is 14.0. The summed E-state index contributed by atoms with van der Waals surface area (Å²) in [6, 6.07) is 3.57. The minimum atomic E-state index is -3.47. The van der Waals surface area contributed by atoms with Crippen LogP contribution in [-0.2, 0) is 26.5 Å². The number of rotatable bonds is 8. The first-order valence-corrected chi connectivity index (χ1v) is 11.9. The van der Waals surface area contributed by atoms with Crippen LogP contribution in [0.4, 0.5) is 0 Å². The fourth-order valence-corrected chi connectivity index (χ4v) is 6.24. The normalized spacial score (nSPS) is 20.3. The van der Waals surface area contributed by atoms with Gasteiger partial charge >= 0.3 is 0 Å². The van der Waals surface area contributed by atoms with Crippen LogP contribution in [-0.4, -0.2) is 59.6 Å². The van der Waals surface area contributed by atoms with E-state index in [0.717, 1.165) is 17.7 Å². The molecule has 1 aliphatic rings. The summed E-state index contributed by atoms with van der Waals surface area (Å²) in [6.45, 7) is 2.89. The fourth-order valence-electron chi connectivity index (χ4n) is 2.59. The molecule has 1 aromatic rings. The lowest BCUT2D eigenvalue weighted by atomic mass is 10.1. The van der Waals surface area contributed by atoms with Crippen LogP contribution in [0.2, 0.25) is 0 Å². The van der Waals surface area contributed by atoms with E-state index in [-0.39, 0.29) is 18.3 Å². The highest BCUT2D eigenvalue weighted by molar-refractivity contribution is 7.91. The summed E-state index contributed by atoms with van der Waals surface area (Å²) in [5, 5.41) is 3.14. The molecule has 0 amide bonds. The van der Waals surface area contributed by atoms with Crippen LogP contribution < -0.4 is 10.0 Å². The molecule has 2 heterocycles. The minimum Gasteiger partial charge on any atom is -0.316 e. The highest BCUT2D eigenvalue weighted by Crippen LogP contribution is 2.27. The molecule has 0 bridgehead atoms. The summed E-state index contributed by atoms with van der Waals surface area (Å²) in [7, 11) is -4.84. The molecule has 0 spiro atoms. The maximum Gasteiger partial charge on any atom is 0.252 e. The first-order valence-electron chi connectivity index (χ1n) is 8.02. The number of hydrogen-bond donors (Lipinski definition) is 2. The lowest BCUT2D eigenvalue weighted by Crippen LogP contribution is -2.46. The van der Waals surface area contributed by atoms with E-state index in [4.69, 9.17) is 0 Å². The minimum absolute atomic E-state index is 0.0403. The van der Waals surface area contributed by atoms with Gasteiger partial charge in [-0.1, -0.05) is 0 Å². The van der Waals surface area contributed by atoms with Gasteiger partial charge in [0, 0.05) is 30.6 Å². The van der Waals surface area contributed by atoms with Crippen molar-refractivity contribution in [2.75, 3.05) is 32.4 Å². The van der Waals surface area contributed by atoms with Crippen molar-refractivity contribution in [3.8, 4) is 0 Å². The van der Waals surface area contributed by atoms with E-state index in [0.29, 0.717) is 23.7 Å². The molecule has 7 nitrogen and oxygen atoms in total. The highest BCUT2D eigenvalue weighted by Gasteiger charge is 2.30. The number of likely N-dealkylation sites (N-methyl/N-ethyl adjacent to an activating group) is 1. The molecular weight excluding hydrogens is 370 g/mol. The number of hydrogen-bond acceptors (Lipinski definition) is 6. The van der Waals surface area contributed by atoms with Gasteiger partial charge in [-0.3, -0.25) is 0 Å². The number of nitrogens with one attached hydrogen (secondary N) is 2. The predicted octanol–water partition coefficient (Wildman–Crippen LogP) is 0.602. The lowest BCUT2D eigenvalue weighted by Gasteiger charge is -2.31. The van der Waals surface area contributed by atoms with E-state index in [9.17, 15) is 16.8 Å². The van der Waals surface area contributed by atoms with Crippen LogP contribution in [0.1, 0.15) is 24.6 Å². The second kappa shape index (κ2) is 8.24. The molecule has 0 aromatic carbocycles. The SMILES string of the molecule is CCS(=O)(=O)NCCc1ccc(S(=O)(=O)N2CCCC(NC)C2)s1. The van der Waals surface area contributed by atoms with Crippen molar-refractivity contribution in [2.24, 2.45) is 0 Å². The molecule has 1 aromatic heterocycles. The van der Waals surface area contributed by atoms with Crippen molar-refractivity contribution in [3.05, 3.63) is 17.0 Å². The lowest BCUT2D eigenvalue weighted by molar-refractivity contribution is 0.293. The molecule has 138 valence electrons. The van der Waals surface area contributed by atoms with Gasteiger partial charge in [0.1, 0.15) is 4.21 Å². The molecule has 0 aliphatic carbocycles. The molecule has 24 heavy (non-hydrogen) atoms. The maximum atomic E-state index is 12.7. The Kier molecular flexibility index (Phi) is 6.80. The van der Waals surface area contributed by atoms with Crippen LogP contribution in [0.3, 0.4) is 0 Å². The highest BCUT2D eigenvalue weighted by atomic mass is 32.2. The average Bonchev–Trinajstić information content (AvgIpc) is 3.04. The summed E-state index contributed by atoms with van der Waals surface area (Å²) in [4.78, 5) is 0.856. The fraction of sp³-hybridized carbons (Fsp3) is 0.714. The Morgan fingerprint density at radius 2 is 2.04 bits per heavy atom. The molecule has 2 N–H and O–H groups in total. The standard InChI is InChI=1S/C14H25N3O4S3/c1-3-23(18,19)16-9-8-13-6-7-14(22-13)24(20,21)17-10-4-5-12(11-17)15-2/h6-7,12,15-16H,3-5,8-11H2,1-2H3. The summed E-state index contributed by atoms with van der Waals surface area (Å²) >= 11 is 1.22. The summed E-state index contributed by atoms with van der Waals surface area (Å²) in [5.41, 5.74) is 0. The number of thiophene rings is 1. The van der Waals surface area contributed by atoms with Crippen LogP contribution >= 0.6 is 11.3 Å². The maximum absolute atomic E-state index is 12.7. The van der Waals surface area contributed by atoms with Crippen molar-refractivity contribution >= 4 is 31.4 Å². The van der Waals surface area contributed by atoms with Crippen LogP contribution in [0, 0.1) is 0 Å². The summed E-state index contributed by atoms with van der Waals surface area (Å²) in [6.07, 6.45) is 2.32. The monoisotopic (exact) mass is 395 g/mol. The second-order valence-electron chi connectivity index (χ2n) is 5.76. The van der Waals surface area contributed by atoms with Gasteiger partial charge in [0.15, 0.2) is 0 Å². The van der Waals surface area contributed by atoms with E-state index < -0.39 is 20.0 Å². The number of sulfonamides is 2. The van der Waals surface area contributed by atoms with Gasteiger partial charge in [-0.2, -0.15) is 4.31 Å². The second-order valence-corrected chi connectivity index (χ2v) is 11.2. The smallest absolute Gasteiger partial charge is 0.252 e. The Hall–Kier alpha value is -0.520. The molecule has 1 unspecified atom stereocenters.